The second kappa shape index (κ2) is 3.28. The van der Waals surface area contributed by atoms with Crippen LogP contribution >= 0.6 is 0 Å². The molecule has 0 unspecified atom stereocenters. The molecule has 0 saturated heterocycles. The van der Waals surface area contributed by atoms with Gasteiger partial charge in [-0.25, -0.2) is 15.0 Å². The van der Waals surface area contributed by atoms with E-state index in [1.54, 1.807) is 0 Å². The number of imidazole rings is 1. The van der Waals surface area contributed by atoms with Gasteiger partial charge in [-0.15, -0.1) is 0 Å². The van der Waals surface area contributed by atoms with Crippen molar-refractivity contribution in [1.82, 2.24) is 19.5 Å². The molecule has 0 bridgehead atoms. The van der Waals surface area contributed by atoms with E-state index in [-0.39, 0.29) is 5.82 Å². The SMILES string of the molecule is C[C@@H](O)C(=O)n1cnc2c(N)ncnc21. The van der Waals surface area contributed by atoms with Gasteiger partial charge in [0.15, 0.2) is 17.0 Å². The van der Waals surface area contributed by atoms with Crippen molar-refractivity contribution in [3.05, 3.63) is 12.7 Å². The fourth-order valence-corrected chi connectivity index (χ4v) is 1.22. The summed E-state index contributed by atoms with van der Waals surface area (Å²) in [7, 11) is 0. The van der Waals surface area contributed by atoms with Crippen LogP contribution in [0.1, 0.15) is 11.7 Å². The molecule has 78 valence electrons. The highest BCUT2D eigenvalue weighted by molar-refractivity contribution is 5.93. The van der Waals surface area contributed by atoms with Crippen LogP contribution < -0.4 is 5.73 Å². The van der Waals surface area contributed by atoms with E-state index < -0.39 is 12.0 Å². The van der Waals surface area contributed by atoms with Gasteiger partial charge in [0.25, 0.3) is 5.91 Å². The summed E-state index contributed by atoms with van der Waals surface area (Å²) in [6.45, 7) is 1.37. The van der Waals surface area contributed by atoms with Gasteiger partial charge in [-0.1, -0.05) is 0 Å². The van der Waals surface area contributed by atoms with Gasteiger partial charge in [0.1, 0.15) is 18.8 Å². The van der Waals surface area contributed by atoms with Crippen LogP contribution in [-0.4, -0.2) is 36.6 Å². The van der Waals surface area contributed by atoms with Crippen molar-refractivity contribution >= 4 is 22.9 Å². The number of carbonyl (C=O) groups excluding carboxylic acids is 1. The monoisotopic (exact) mass is 207 g/mol. The first-order chi connectivity index (χ1) is 7.11. The largest absolute Gasteiger partial charge is 0.384 e. The van der Waals surface area contributed by atoms with Crippen LogP contribution in [-0.2, 0) is 0 Å². The summed E-state index contributed by atoms with van der Waals surface area (Å²) < 4.78 is 1.15. The molecule has 0 radical (unpaired) electrons. The second-order valence-corrected chi connectivity index (χ2v) is 3.06. The number of nitrogens with two attached hydrogens (primary N) is 1. The molecule has 7 heteroatoms. The van der Waals surface area contributed by atoms with E-state index >= 15 is 0 Å². The number of aromatic nitrogens is 4. The molecule has 1 atom stereocenters. The van der Waals surface area contributed by atoms with Gasteiger partial charge in [-0.05, 0) is 6.92 Å². The zero-order valence-electron chi connectivity index (χ0n) is 7.95. The number of rotatable bonds is 1. The van der Waals surface area contributed by atoms with E-state index in [9.17, 15) is 4.79 Å². The Kier molecular flexibility index (Phi) is 2.09. The molecule has 7 nitrogen and oxygen atoms in total. The van der Waals surface area contributed by atoms with Gasteiger partial charge in [0, 0.05) is 0 Å². The Hall–Kier alpha value is -2.02. The Labute approximate surface area is 84.6 Å². The van der Waals surface area contributed by atoms with Crippen molar-refractivity contribution in [3.63, 3.8) is 0 Å². The molecule has 2 rings (SSSR count). The molecule has 2 aromatic heterocycles. The lowest BCUT2D eigenvalue weighted by atomic mass is 10.4. The Balaban J connectivity index is 2.64. The minimum Gasteiger partial charge on any atom is -0.384 e. The normalized spacial score (nSPS) is 12.9. The third-order valence-electron chi connectivity index (χ3n) is 1.96. The molecule has 0 spiro atoms. The van der Waals surface area contributed by atoms with Crippen molar-refractivity contribution in [2.24, 2.45) is 0 Å². The van der Waals surface area contributed by atoms with Crippen LogP contribution in [0.15, 0.2) is 12.7 Å². The number of aliphatic hydroxyl groups excluding tert-OH is 1. The van der Waals surface area contributed by atoms with Gasteiger partial charge >= 0.3 is 0 Å². The molecule has 2 heterocycles. The zero-order valence-corrected chi connectivity index (χ0v) is 7.95. The third-order valence-corrected chi connectivity index (χ3v) is 1.96. The van der Waals surface area contributed by atoms with Gasteiger partial charge in [-0.2, -0.15) is 0 Å². The molecular formula is C8H9N5O2. The second-order valence-electron chi connectivity index (χ2n) is 3.06. The van der Waals surface area contributed by atoms with Crippen molar-refractivity contribution in [2.45, 2.75) is 13.0 Å². The fraction of sp³-hybridized carbons (Fsp3) is 0.250. The Morgan fingerprint density at radius 1 is 1.53 bits per heavy atom. The van der Waals surface area contributed by atoms with Crippen molar-refractivity contribution in [1.29, 1.82) is 0 Å². The Morgan fingerprint density at radius 2 is 2.27 bits per heavy atom. The first-order valence-corrected chi connectivity index (χ1v) is 4.27. The van der Waals surface area contributed by atoms with Gasteiger partial charge in [0.2, 0.25) is 0 Å². The molecular weight excluding hydrogens is 198 g/mol. The molecule has 2 aromatic rings. The number of fused-ring (bicyclic) bond motifs is 1. The number of aliphatic hydroxyl groups is 1. The molecule has 0 fully saturated rings. The summed E-state index contributed by atoms with van der Waals surface area (Å²) in [6.07, 6.45) is 1.40. The number of hydrogen-bond donors (Lipinski definition) is 2. The van der Waals surface area contributed by atoms with Crippen LogP contribution in [0.2, 0.25) is 0 Å². The van der Waals surface area contributed by atoms with Gasteiger partial charge in [0.05, 0.1) is 0 Å². The standard InChI is InChI=1S/C8H9N5O2/c1-4(14)8(15)13-3-12-5-6(9)10-2-11-7(5)13/h2-4,14H,1H3,(H2,9,10,11)/t4-/m1/s1. The number of carbonyl (C=O) groups is 1. The van der Waals surface area contributed by atoms with E-state index in [0.717, 1.165) is 4.57 Å². The summed E-state index contributed by atoms with van der Waals surface area (Å²) >= 11 is 0. The van der Waals surface area contributed by atoms with Crippen LogP contribution in [0.4, 0.5) is 5.82 Å². The number of nitrogens with zero attached hydrogens (tertiary/aromatic N) is 4. The topological polar surface area (TPSA) is 107 Å². The average Bonchev–Trinajstić information content (AvgIpc) is 2.61. The molecule has 0 aliphatic carbocycles. The quantitative estimate of drug-likeness (QED) is 0.648. The number of anilines is 1. The summed E-state index contributed by atoms with van der Waals surface area (Å²) in [4.78, 5) is 23.0. The first-order valence-electron chi connectivity index (χ1n) is 4.27. The molecule has 3 N–H and O–H groups in total. The lowest BCUT2D eigenvalue weighted by Crippen LogP contribution is -2.23. The molecule has 15 heavy (non-hydrogen) atoms. The van der Waals surface area contributed by atoms with Crippen molar-refractivity contribution in [2.75, 3.05) is 5.73 Å². The maximum atomic E-state index is 11.5. The highest BCUT2D eigenvalue weighted by atomic mass is 16.3. The smallest absolute Gasteiger partial charge is 0.262 e. The predicted octanol–water partition coefficient (Wildman–Crippen LogP) is -0.571. The van der Waals surface area contributed by atoms with Gasteiger partial charge < -0.3 is 10.8 Å². The van der Waals surface area contributed by atoms with E-state index in [2.05, 4.69) is 15.0 Å². The first kappa shape index (κ1) is 9.53. The van der Waals surface area contributed by atoms with E-state index in [0.29, 0.717) is 11.2 Å². The van der Waals surface area contributed by atoms with Crippen molar-refractivity contribution in [3.8, 4) is 0 Å². The fourth-order valence-electron chi connectivity index (χ4n) is 1.22. The summed E-state index contributed by atoms with van der Waals surface area (Å²) in [6, 6.07) is 0. The maximum absolute atomic E-state index is 11.5. The van der Waals surface area contributed by atoms with E-state index in [1.165, 1.54) is 19.6 Å². The zero-order chi connectivity index (χ0) is 11.0. The summed E-state index contributed by atoms with van der Waals surface area (Å²) in [5.74, 6) is -0.298. The van der Waals surface area contributed by atoms with Crippen LogP contribution in [0.3, 0.4) is 0 Å². The summed E-state index contributed by atoms with van der Waals surface area (Å²) in [5.41, 5.74) is 6.20. The molecule has 0 aliphatic heterocycles. The van der Waals surface area contributed by atoms with E-state index in [4.69, 9.17) is 10.8 Å². The minimum absolute atomic E-state index is 0.206. The molecule has 0 saturated carbocycles. The minimum atomic E-state index is -1.11. The lowest BCUT2D eigenvalue weighted by molar-refractivity contribution is 0.0692. The Bertz CT molecular complexity index is 519. The maximum Gasteiger partial charge on any atom is 0.262 e. The van der Waals surface area contributed by atoms with Gasteiger partial charge in [-0.3, -0.25) is 9.36 Å². The third kappa shape index (κ3) is 1.42. The summed E-state index contributed by atoms with van der Waals surface area (Å²) in [5, 5.41) is 9.15. The van der Waals surface area contributed by atoms with Crippen LogP contribution in [0.25, 0.3) is 11.2 Å². The highest BCUT2D eigenvalue weighted by Gasteiger charge is 2.16. The van der Waals surface area contributed by atoms with Crippen LogP contribution in [0.5, 0.6) is 0 Å². The average molecular weight is 207 g/mol. The molecule has 0 amide bonds. The predicted molar refractivity (Wildman–Crippen MR) is 52.0 cm³/mol. The van der Waals surface area contributed by atoms with Crippen LogP contribution in [0, 0.1) is 0 Å². The van der Waals surface area contributed by atoms with E-state index in [1.807, 2.05) is 0 Å². The van der Waals surface area contributed by atoms with Crippen molar-refractivity contribution < 1.29 is 9.90 Å². The number of nitrogen functional groups attached to an aromatic ring is 1. The molecule has 0 aliphatic rings. The lowest BCUT2D eigenvalue weighted by Gasteiger charge is -2.03. The number of hydrogen-bond acceptors (Lipinski definition) is 6. The Morgan fingerprint density at radius 3 is 2.93 bits per heavy atom. The molecule has 0 aromatic carbocycles. The highest BCUT2D eigenvalue weighted by Crippen LogP contribution is 2.14.